The van der Waals surface area contributed by atoms with Crippen LogP contribution in [0.3, 0.4) is 0 Å². The number of carbonyl (C=O) groups is 2. The molecule has 0 spiro atoms. The van der Waals surface area contributed by atoms with E-state index in [1.807, 2.05) is 11.8 Å². The number of carboxylic acids is 1. The van der Waals surface area contributed by atoms with Gasteiger partial charge in [-0.15, -0.1) is 0 Å². The second-order valence-electron chi connectivity index (χ2n) is 6.30. The van der Waals surface area contributed by atoms with Gasteiger partial charge in [0, 0.05) is 18.1 Å². The number of aliphatic carboxylic acids is 1. The highest BCUT2D eigenvalue weighted by molar-refractivity contribution is 5.75. The Morgan fingerprint density at radius 1 is 1.13 bits per heavy atom. The Morgan fingerprint density at radius 2 is 1.65 bits per heavy atom. The Kier molecular flexibility index (Phi) is 5.38. The molecule has 2 rings (SSSR count). The molecule has 23 heavy (non-hydrogen) atoms. The summed E-state index contributed by atoms with van der Waals surface area (Å²) < 4.78 is 37.1. The highest BCUT2D eigenvalue weighted by Gasteiger charge is 2.48. The number of nitrogens with zero attached hydrogens (tertiary/aromatic N) is 1. The molecule has 0 bridgehead atoms. The molecule has 2 saturated carbocycles. The maximum atomic E-state index is 12.4. The summed E-state index contributed by atoms with van der Waals surface area (Å²) in [5.41, 5.74) is 0. The minimum atomic E-state index is -4.18. The van der Waals surface area contributed by atoms with Crippen LogP contribution in [0.15, 0.2) is 0 Å². The van der Waals surface area contributed by atoms with Crippen molar-refractivity contribution in [2.75, 3.05) is 13.1 Å². The number of urea groups is 1. The van der Waals surface area contributed by atoms with Gasteiger partial charge < -0.3 is 15.7 Å². The van der Waals surface area contributed by atoms with Crippen LogP contribution in [0.5, 0.6) is 0 Å². The third-order valence-corrected chi connectivity index (χ3v) is 4.65. The van der Waals surface area contributed by atoms with Crippen LogP contribution in [-0.2, 0) is 4.79 Å². The first-order valence-corrected chi connectivity index (χ1v) is 7.78. The SMILES string of the molecule is CCN(CC(=O)O)C1CC(NC(=O)NC2CC(C(F)(F)F)C2)C1. The Labute approximate surface area is 132 Å². The standard InChI is InChI=1S/C14H22F3N3O3/c1-2-20(7-12(21)22)11-5-10(6-11)19-13(23)18-9-3-8(4-9)14(15,16)17/h8-11H,2-7H2,1H3,(H,21,22)(H2,18,19,23). The van der Waals surface area contributed by atoms with E-state index < -0.39 is 30.1 Å². The van der Waals surface area contributed by atoms with Crippen molar-refractivity contribution in [3.8, 4) is 0 Å². The minimum Gasteiger partial charge on any atom is -0.480 e. The number of halogens is 3. The zero-order chi connectivity index (χ0) is 17.2. The molecule has 0 radical (unpaired) electrons. The average Bonchev–Trinajstić information content (AvgIpc) is 2.33. The molecule has 0 aliphatic heterocycles. The fraction of sp³-hybridized carbons (Fsp3) is 0.857. The minimum absolute atomic E-state index is 0.0268. The first kappa shape index (κ1) is 17.8. The van der Waals surface area contributed by atoms with Gasteiger partial charge in [0.25, 0.3) is 0 Å². The number of carbonyl (C=O) groups excluding carboxylic acids is 1. The lowest BCUT2D eigenvalue weighted by Gasteiger charge is -2.43. The molecule has 0 saturated heterocycles. The van der Waals surface area contributed by atoms with Crippen LogP contribution < -0.4 is 10.6 Å². The Hall–Kier alpha value is -1.51. The first-order chi connectivity index (χ1) is 10.7. The third-order valence-electron chi connectivity index (χ3n) is 4.65. The molecule has 2 aliphatic carbocycles. The molecule has 0 atom stereocenters. The summed E-state index contributed by atoms with van der Waals surface area (Å²) in [6, 6.07) is -0.793. The smallest absolute Gasteiger partial charge is 0.391 e. The number of hydrogen-bond donors (Lipinski definition) is 3. The number of carboxylic acid groups (broad SMARTS) is 1. The molecule has 2 fully saturated rings. The molecule has 9 heteroatoms. The van der Waals surface area contributed by atoms with Crippen molar-refractivity contribution in [1.29, 1.82) is 0 Å². The summed E-state index contributed by atoms with van der Waals surface area (Å²) in [6.07, 6.45) is -2.99. The van der Waals surface area contributed by atoms with E-state index >= 15 is 0 Å². The summed E-state index contributed by atoms with van der Waals surface area (Å²) in [6.45, 7) is 2.47. The van der Waals surface area contributed by atoms with E-state index in [0.29, 0.717) is 19.4 Å². The molecule has 2 amide bonds. The molecular weight excluding hydrogens is 315 g/mol. The van der Waals surface area contributed by atoms with Crippen LogP contribution in [0.2, 0.25) is 0 Å². The number of amides is 2. The van der Waals surface area contributed by atoms with Gasteiger partial charge in [0.1, 0.15) is 0 Å². The van der Waals surface area contributed by atoms with Crippen molar-refractivity contribution in [3.05, 3.63) is 0 Å². The van der Waals surface area contributed by atoms with Crippen molar-refractivity contribution in [3.63, 3.8) is 0 Å². The van der Waals surface area contributed by atoms with Gasteiger partial charge in [0.15, 0.2) is 0 Å². The van der Waals surface area contributed by atoms with Gasteiger partial charge in [0.2, 0.25) is 0 Å². The quantitative estimate of drug-likeness (QED) is 0.687. The van der Waals surface area contributed by atoms with E-state index in [1.165, 1.54) is 0 Å². The van der Waals surface area contributed by atoms with E-state index in [1.54, 1.807) is 0 Å². The average molecular weight is 337 g/mol. The molecule has 0 aromatic rings. The number of hydrogen-bond acceptors (Lipinski definition) is 3. The van der Waals surface area contributed by atoms with Gasteiger partial charge in [-0.3, -0.25) is 9.69 Å². The number of likely N-dealkylation sites (N-methyl/N-ethyl adjacent to an activating group) is 1. The molecule has 2 aliphatic rings. The Morgan fingerprint density at radius 3 is 2.09 bits per heavy atom. The van der Waals surface area contributed by atoms with Gasteiger partial charge in [0.05, 0.1) is 12.5 Å². The van der Waals surface area contributed by atoms with E-state index in [2.05, 4.69) is 10.6 Å². The maximum absolute atomic E-state index is 12.4. The maximum Gasteiger partial charge on any atom is 0.391 e. The molecule has 0 heterocycles. The topological polar surface area (TPSA) is 81.7 Å². The fourth-order valence-corrected chi connectivity index (χ4v) is 3.09. The van der Waals surface area contributed by atoms with Crippen molar-refractivity contribution in [2.45, 2.75) is 56.9 Å². The highest BCUT2D eigenvalue weighted by atomic mass is 19.4. The fourth-order valence-electron chi connectivity index (χ4n) is 3.09. The van der Waals surface area contributed by atoms with E-state index in [4.69, 9.17) is 5.11 Å². The summed E-state index contributed by atoms with van der Waals surface area (Å²) in [7, 11) is 0. The van der Waals surface area contributed by atoms with Gasteiger partial charge in [-0.1, -0.05) is 6.92 Å². The monoisotopic (exact) mass is 337 g/mol. The molecule has 6 nitrogen and oxygen atoms in total. The zero-order valence-corrected chi connectivity index (χ0v) is 12.9. The molecule has 132 valence electrons. The van der Waals surface area contributed by atoms with E-state index in [-0.39, 0.29) is 31.5 Å². The van der Waals surface area contributed by atoms with Crippen LogP contribution in [0.25, 0.3) is 0 Å². The van der Waals surface area contributed by atoms with E-state index in [0.717, 1.165) is 0 Å². The van der Waals surface area contributed by atoms with E-state index in [9.17, 15) is 22.8 Å². The molecule has 0 unspecified atom stereocenters. The van der Waals surface area contributed by atoms with Crippen LogP contribution in [0.1, 0.15) is 32.6 Å². The molecule has 3 N–H and O–H groups in total. The molecular formula is C14H22F3N3O3. The summed E-state index contributed by atoms with van der Waals surface area (Å²) in [5.74, 6) is -2.19. The lowest BCUT2D eigenvalue weighted by atomic mass is 9.80. The van der Waals surface area contributed by atoms with Crippen LogP contribution in [0, 0.1) is 5.92 Å². The third kappa shape index (κ3) is 4.73. The largest absolute Gasteiger partial charge is 0.480 e. The second-order valence-corrected chi connectivity index (χ2v) is 6.30. The predicted octanol–water partition coefficient (Wildman–Crippen LogP) is 1.56. The number of nitrogens with one attached hydrogen (secondary N) is 2. The van der Waals surface area contributed by atoms with Crippen molar-refractivity contribution in [2.24, 2.45) is 5.92 Å². The van der Waals surface area contributed by atoms with Crippen LogP contribution in [0.4, 0.5) is 18.0 Å². The van der Waals surface area contributed by atoms with Crippen LogP contribution in [-0.4, -0.2) is 59.4 Å². The number of alkyl halides is 3. The lowest BCUT2D eigenvalue weighted by Crippen LogP contribution is -2.58. The zero-order valence-electron chi connectivity index (χ0n) is 12.9. The van der Waals surface area contributed by atoms with Gasteiger partial charge in [-0.2, -0.15) is 13.2 Å². The summed E-state index contributed by atoms with van der Waals surface area (Å²) >= 11 is 0. The Balaban J connectivity index is 1.62. The van der Waals surface area contributed by atoms with Gasteiger partial charge >= 0.3 is 18.2 Å². The second kappa shape index (κ2) is 6.94. The highest BCUT2D eigenvalue weighted by Crippen LogP contribution is 2.40. The predicted molar refractivity (Wildman–Crippen MR) is 75.9 cm³/mol. The van der Waals surface area contributed by atoms with Crippen LogP contribution >= 0.6 is 0 Å². The first-order valence-electron chi connectivity index (χ1n) is 7.78. The lowest BCUT2D eigenvalue weighted by molar-refractivity contribution is -0.198. The van der Waals surface area contributed by atoms with Crippen molar-refractivity contribution in [1.82, 2.24) is 15.5 Å². The Bertz CT molecular complexity index is 446. The normalized spacial score (nSPS) is 30.3. The van der Waals surface area contributed by atoms with Crippen molar-refractivity contribution < 1.29 is 27.9 Å². The van der Waals surface area contributed by atoms with Gasteiger partial charge in [-0.05, 0) is 32.2 Å². The number of rotatable bonds is 6. The molecule has 0 aromatic carbocycles. The van der Waals surface area contributed by atoms with Crippen molar-refractivity contribution >= 4 is 12.0 Å². The molecule has 0 aromatic heterocycles. The summed E-state index contributed by atoms with van der Waals surface area (Å²) in [5, 5.41) is 14.1. The van der Waals surface area contributed by atoms with Gasteiger partial charge in [-0.25, -0.2) is 4.79 Å². The summed E-state index contributed by atoms with van der Waals surface area (Å²) in [4.78, 5) is 24.3.